The van der Waals surface area contributed by atoms with Crippen molar-refractivity contribution in [3.8, 4) is 0 Å². The minimum Gasteiger partial charge on any atom is -0.316 e. The molecule has 5 nitrogen and oxygen atoms in total. The molecule has 2 aliphatic rings. The fourth-order valence-electron chi connectivity index (χ4n) is 3.86. The van der Waals surface area contributed by atoms with Crippen molar-refractivity contribution in [3.05, 3.63) is 65.2 Å². The first-order chi connectivity index (χ1) is 15.7. The molecule has 34 heavy (non-hydrogen) atoms. The Morgan fingerprint density at radius 3 is 2.12 bits per heavy atom. The van der Waals surface area contributed by atoms with Crippen LogP contribution in [-0.2, 0) is 33.4 Å². The van der Waals surface area contributed by atoms with Crippen LogP contribution in [0.5, 0.6) is 0 Å². The average Bonchev–Trinajstić information content (AvgIpc) is 3.17. The molecule has 2 atom stereocenters. The summed E-state index contributed by atoms with van der Waals surface area (Å²) in [6.07, 6.45) is -10.3. The van der Waals surface area contributed by atoms with E-state index in [0.717, 1.165) is 16.7 Å². The summed E-state index contributed by atoms with van der Waals surface area (Å²) in [6.45, 7) is 0. The molecular formula is C21H16F6N2O3S2. The van der Waals surface area contributed by atoms with Gasteiger partial charge in [-0.3, -0.25) is 4.79 Å². The van der Waals surface area contributed by atoms with Crippen molar-refractivity contribution in [1.29, 1.82) is 0 Å². The summed E-state index contributed by atoms with van der Waals surface area (Å²) in [4.78, 5) is 17.5. The van der Waals surface area contributed by atoms with Crippen LogP contribution in [-0.4, -0.2) is 42.3 Å². The molecule has 0 radical (unpaired) electrons. The number of sulfone groups is 1. The van der Waals surface area contributed by atoms with E-state index in [1.165, 1.54) is 0 Å². The predicted molar refractivity (Wildman–Crippen MR) is 115 cm³/mol. The Labute approximate surface area is 194 Å². The maximum atomic E-state index is 13.4. The van der Waals surface area contributed by atoms with Gasteiger partial charge in [0.15, 0.2) is 15.0 Å². The molecular weight excluding hydrogens is 506 g/mol. The molecule has 2 aliphatic heterocycles. The van der Waals surface area contributed by atoms with Gasteiger partial charge in [0, 0.05) is 10.9 Å². The predicted octanol–water partition coefficient (Wildman–Crippen LogP) is 4.57. The molecule has 0 N–H and O–H groups in total. The Morgan fingerprint density at radius 2 is 1.56 bits per heavy atom. The van der Waals surface area contributed by atoms with Crippen LogP contribution < -0.4 is 4.90 Å². The number of hydrogen-bond acceptors (Lipinski definition) is 4. The summed E-state index contributed by atoms with van der Waals surface area (Å²) in [5, 5.41) is -0.810. The van der Waals surface area contributed by atoms with Crippen molar-refractivity contribution in [2.75, 3.05) is 16.4 Å². The molecule has 13 heteroatoms. The molecule has 0 aromatic heterocycles. The molecule has 2 saturated heterocycles. The average molecular weight is 522 g/mol. The summed E-state index contributed by atoms with van der Waals surface area (Å²) < 4.78 is 105. The van der Waals surface area contributed by atoms with Crippen molar-refractivity contribution in [2.45, 2.75) is 30.1 Å². The normalized spacial score (nSPS) is 23.4. The van der Waals surface area contributed by atoms with Gasteiger partial charge in [-0.25, -0.2) is 8.42 Å². The number of anilines is 1. The molecule has 1 amide bonds. The maximum Gasteiger partial charge on any atom is 0.416 e. The van der Waals surface area contributed by atoms with E-state index in [1.54, 1.807) is 30.3 Å². The molecule has 0 bridgehead atoms. The Morgan fingerprint density at radius 1 is 0.971 bits per heavy atom. The van der Waals surface area contributed by atoms with Gasteiger partial charge in [-0.05, 0) is 23.8 Å². The van der Waals surface area contributed by atoms with Crippen LogP contribution in [0.2, 0.25) is 0 Å². The second-order valence-corrected chi connectivity index (χ2v) is 11.2. The highest BCUT2D eigenvalue weighted by atomic mass is 32.2. The first kappa shape index (κ1) is 24.6. The molecule has 0 unspecified atom stereocenters. The van der Waals surface area contributed by atoms with Crippen molar-refractivity contribution >= 4 is 38.4 Å². The van der Waals surface area contributed by atoms with Crippen LogP contribution in [0.1, 0.15) is 16.7 Å². The van der Waals surface area contributed by atoms with Crippen LogP contribution in [0, 0.1) is 0 Å². The van der Waals surface area contributed by atoms with E-state index in [2.05, 4.69) is 4.99 Å². The van der Waals surface area contributed by atoms with Gasteiger partial charge >= 0.3 is 12.4 Å². The zero-order valence-corrected chi connectivity index (χ0v) is 18.7. The van der Waals surface area contributed by atoms with Crippen LogP contribution in [0.3, 0.4) is 0 Å². The van der Waals surface area contributed by atoms with Crippen molar-refractivity contribution < 1.29 is 39.6 Å². The molecule has 182 valence electrons. The second-order valence-electron chi connectivity index (χ2n) is 7.89. The maximum absolute atomic E-state index is 13.4. The number of aliphatic imine (C=N–C) groups is 1. The highest BCUT2D eigenvalue weighted by Crippen LogP contribution is 2.44. The number of alkyl halides is 6. The van der Waals surface area contributed by atoms with Crippen LogP contribution in [0.15, 0.2) is 53.5 Å². The number of halogens is 6. The van der Waals surface area contributed by atoms with Gasteiger partial charge in [-0.1, -0.05) is 42.1 Å². The Kier molecular flexibility index (Phi) is 6.21. The Balaban J connectivity index is 1.79. The minimum absolute atomic E-state index is 0.00698. The number of carbonyl (C=O) groups excluding carboxylic acids is 1. The summed E-state index contributed by atoms with van der Waals surface area (Å²) in [5.41, 5.74) is -2.98. The summed E-state index contributed by atoms with van der Waals surface area (Å²) in [7, 11) is -3.57. The number of benzene rings is 2. The van der Waals surface area contributed by atoms with Crippen molar-refractivity contribution in [3.63, 3.8) is 0 Å². The molecule has 2 fully saturated rings. The van der Waals surface area contributed by atoms with E-state index in [9.17, 15) is 39.6 Å². The van der Waals surface area contributed by atoms with E-state index >= 15 is 0 Å². The third kappa shape index (κ3) is 5.24. The highest BCUT2D eigenvalue weighted by molar-refractivity contribution is 8.16. The smallest absolute Gasteiger partial charge is 0.316 e. The number of fused-ring (bicyclic) bond motifs is 1. The quantitative estimate of drug-likeness (QED) is 0.553. The van der Waals surface area contributed by atoms with E-state index in [0.29, 0.717) is 17.7 Å². The Hall–Kier alpha value is -2.54. The first-order valence-corrected chi connectivity index (χ1v) is 12.5. The lowest BCUT2D eigenvalue weighted by Crippen LogP contribution is -2.38. The summed E-state index contributed by atoms with van der Waals surface area (Å²) in [5.74, 6) is -1.46. The Bertz CT molecular complexity index is 1210. The topological polar surface area (TPSA) is 66.8 Å². The lowest BCUT2D eigenvalue weighted by atomic mass is 10.1. The van der Waals surface area contributed by atoms with Gasteiger partial charge in [0.25, 0.3) is 5.91 Å². The van der Waals surface area contributed by atoms with Gasteiger partial charge in [-0.2, -0.15) is 31.3 Å². The zero-order valence-electron chi connectivity index (χ0n) is 17.1. The first-order valence-electron chi connectivity index (χ1n) is 9.84. The SMILES string of the molecule is O=C(Cc1ccccc1)N=C1S[C@H]2CS(=O)(=O)C[C@H]2N1c1cc(C(F)(F)F)cc(C(F)(F)F)c1. The third-order valence-electron chi connectivity index (χ3n) is 5.34. The van der Waals surface area contributed by atoms with E-state index in [1.807, 2.05) is 0 Å². The molecule has 2 aromatic carbocycles. The van der Waals surface area contributed by atoms with E-state index in [-0.39, 0.29) is 23.4 Å². The van der Waals surface area contributed by atoms with Crippen LogP contribution >= 0.6 is 11.8 Å². The molecule has 0 aliphatic carbocycles. The minimum atomic E-state index is -5.08. The number of thioether (sulfide) groups is 1. The van der Waals surface area contributed by atoms with Crippen molar-refractivity contribution in [1.82, 2.24) is 0 Å². The molecule has 2 heterocycles. The standard InChI is InChI=1S/C21H16F6N2O3S2/c22-20(23,24)13-7-14(21(25,26)27)9-15(8-13)29-16-10-34(31,32)11-17(16)33-19(29)28-18(30)6-12-4-2-1-3-5-12/h1-5,7-9,16-17H,6,10-11H2/t16-,17+/m1/s1. The molecule has 2 aromatic rings. The number of nitrogens with zero attached hydrogens (tertiary/aromatic N) is 2. The van der Waals surface area contributed by atoms with Gasteiger partial charge < -0.3 is 4.90 Å². The number of amides is 1. The third-order valence-corrected chi connectivity index (χ3v) is 8.55. The second kappa shape index (κ2) is 8.59. The van der Waals surface area contributed by atoms with Crippen molar-refractivity contribution in [2.24, 2.45) is 4.99 Å². The fraction of sp³-hybridized carbons (Fsp3) is 0.333. The van der Waals surface area contributed by atoms with Crippen LogP contribution in [0.25, 0.3) is 0 Å². The monoisotopic (exact) mass is 522 g/mol. The largest absolute Gasteiger partial charge is 0.416 e. The molecule has 4 rings (SSSR count). The lowest BCUT2D eigenvalue weighted by Gasteiger charge is -2.26. The van der Waals surface area contributed by atoms with Gasteiger partial charge in [0.1, 0.15) is 0 Å². The number of amidine groups is 1. The van der Waals surface area contributed by atoms with Gasteiger partial charge in [0.05, 0.1) is 35.1 Å². The lowest BCUT2D eigenvalue weighted by molar-refractivity contribution is -0.143. The van der Waals surface area contributed by atoms with E-state index in [4.69, 9.17) is 0 Å². The molecule has 0 spiro atoms. The number of rotatable bonds is 3. The van der Waals surface area contributed by atoms with Crippen LogP contribution in [0.4, 0.5) is 32.0 Å². The summed E-state index contributed by atoms with van der Waals surface area (Å²) in [6, 6.07) is 8.53. The fourth-order valence-corrected chi connectivity index (χ4v) is 7.79. The van der Waals surface area contributed by atoms with Gasteiger partial charge in [-0.15, -0.1) is 0 Å². The molecule has 0 saturated carbocycles. The van der Waals surface area contributed by atoms with Gasteiger partial charge in [0.2, 0.25) is 0 Å². The number of carbonyl (C=O) groups is 1. The summed E-state index contributed by atoms with van der Waals surface area (Å²) >= 11 is 0.866. The number of hydrogen-bond donors (Lipinski definition) is 0. The zero-order chi connectivity index (χ0) is 24.9. The highest BCUT2D eigenvalue weighted by Gasteiger charge is 2.50. The van der Waals surface area contributed by atoms with E-state index < -0.39 is 62.0 Å².